The molecule has 0 atom stereocenters. The molecule has 0 spiro atoms. The molecule has 19 heavy (non-hydrogen) atoms. The van der Waals surface area contributed by atoms with Crippen molar-refractivity contribution in [2.24, 2.45) is 0 Å². The summed E-state index contributed by atoms with van der Waals surface area (Å²) >= 11 is 5.74. The predicted octanol–water partition coefficient (Wildman–Crippen LogP) is 1.56. The molecule has 2 rings (SSSR count). The smallest absolute Gasteiger partial charge is 0.267 e. The molecule has 0 aliphatic carbocycles. The van der Waals surface area contributed by atoms with E-state index in [4.69, 9.17) is 16.3 Å². The maximum atomic E-state index is 11.7. The molecule has 2 heterocycles. The number of aromatic amines is 1. The van der Waals surface area contributed by atoms with E-state index in [0.717, 1.165) is 32.4 Å². The minimum atomic E-state index is -0.131. The zero-order valence-electron chi connectivity index (χ0n) is 10.9. The van der Waals surface area contributed by atoms with Gasteiger partial charge >= 0.3 is 0 Å². The van der Waals surface area contributed by atoms with E-state index >= 15 is 0 Å². The first-order valence-corrected chi connectivity index (χ1v) is 7.08. The van der Waals surface area contributed by atoms with Crippen molar-refractivity contribution in [1.29, 1.82) is 0 Å². The van der Waals surface area contributed by atoms with Crippen LogP contribution in [0.1, 0.15) is 29.8 Å². The van der Waals surface area contributed by atoms with Crippen LogP contribution in [0.4, 0.5) is 0 Å². The topological polar surface area (TPSA) is 66.2 Å². The summed E-state index contributed by atoms with van der Waals surface area (Å²) in [5.74, 6) is -0.131. The second-order valence-corrected chi connectivity index (χ2v) is 5.10. The van der Waals surface area contributed by atoms with E-state index in [1.165, 1.54) is 0 Å². The van der Waals surface area contributed by atoms with Crippen molar-refractivity contribution in [1.82, 2.24) is 15.6 Å². The first kappa shape index (κ1) is 14.4. The third-order valence-electron chi connectivity index (χ3n) is 3.14. The van der Waals surface area contributed by atoms with Crippen LogP contribution < -0.4 is 10.6 Å². The van der Waals surface area contributed by atoms with Crippen molar-refractivity contribution in [2.45, 2.75) is 25.4 Å². The second kappa shape index (κ2) is 7.53. The molecule has 6 heteroatoms. The highest BCUT2D eigenvalue weighted by Gasteiger charge is 2.12. The molecule has 1 aliphatic heterocycles. The Morgan fingerprint density at radius 3 is 2.95 bits per heavy atom. The highest BCUT2D eigenvalue weighted by molar-refractivity contribution is 6.30. The van der Waals surface area contributed by atoms with Gasteiger partial charge in [-0.15, -0.1) is 0 Å². The molecule has 0 aromatic carbocycles. The van der Waals surface area contributed by atoms with Crippen molar-refractivity contribution in [2.75, 3.05) is 26.2 Å². The quantitative estimate of drug-likeness (QED) is 0.695. The van der Waals surface area contributed by atoms with E-state index in [-0.39, 0.29) is 5.91 Å². The Hall–Kier alpha value is -1.04. The Balaban J connectivity index is 1.55. The summed E-state index contributed by atoms with van der Waals surface area (Å²) in [7, 11) is 0. The van der Waals surface area contributed by atoms with Crippen LogP contribution in [0, 0.1) is 0 Å². The maximum Gasteiger partial charge on any atom is 0.267 e. The average molecular weight is 286 g/mol. The fourth-order valence-electron chi connectivity index (χ4n) is 2.08. The number of ether oxygens (including phenoxy) is 1. The van der Waals surface area contributed by atoms with Gasteiger partial charge in [-0.1, -0.05) is 11.6 Å². The first-order valence-electron chi connectivity index (χ1n) is 6.70. The van der Waals surface area contributed by atoms with E-state index in [1.54, 1.807) is 12.3 Å². The van der Waals surface area contributed by atoms with Crippen molar-refractivity contribution in [3.63, 3.8) is 0 Å². The van der Waals surface area contributed by atoms with Crippen LogP contribution in [-0.2, 0) is 4.74 Å². The lowest BCUT2D eigenvalue weighted by molar-refractivity contribution is 0.0317. The number of halogens is 1. The highest BCUT2D eigenvalue weighted by atomic mass is 35.5. The zero-order chi connectivity index (χ0) is 13.5. The van der Waals surface area contributed by atoms with Gasteiger partial charge in [0, 0.05) is 19.3 Å². The SMILES string of the molecule is O=C(NCCCOC1CCNCC1)c1cc(Cl)c[nH]1. The Labute approximate surface area is 118 Å². The number of piperidine rings is 1. The third-order valence-corrected chi connectivity index (χ3v) is 3.36. The molecule has 1 aromatic heterocycles. The zero-order valence-corrected chi connectivity index (χ0v) is 11.6. The summed E-state index contributed by atoms with van der Waals surface area (Å²) in [6, 6.07) is 1.61. The van der Waals surface area contributed by atoms with Crippen LogP contribution in [-0.4, -0.2) is 43.2 Å². The van der Waals surface area contributed by atoms with Crippen LogP contribution in [0.25, 0.3) is 0 Å². The van der Waals surface area contributed by atoms with Crippen LogP contribution in [0.5, 0.6) is 0 Å². The van der Waals surface area contributed by atoms with Gasteiger partial charge in [0.05, 0.1) is 11.1 Å². The minimum Gasteiger partial charge on any atom is -0.378 e. The van der Waals surface area contributed by atoms with Gasteiger partial charge in [0.1, 0.15) is 5.69 Å². The van der Waals surface area contributed by atoms with Gasteiger partial charge < -0.3 is 20.4 Å². The molecule has 0 bridgehead atoms. The highest BCUT2D eigenvalue weighted by Crippen LogP contribution is 2.09. The lowest BCUT2D eigenvalue weighted by Crippen LogP contribution is -2.33. The van der Waals surface area contributed by atoms with Gasteiger partial charge in [0.25, 0.3) is 5.91 Å². The largest absolute Gasteiger partial charge is 0.378 e. The average Bonchev–Trinajstić information content (AvgIpc) is 2.86. The number of hydrogen-bond donors (Lipinski definition) is 3. The van der Waals surface area contributed by atoms with E-state index in [1.807, 2.05) is 0 Å². The van der Waals surface area contributed by atoms with E-state index < -0.39 is 0 Å². The number of hydrogen-bond acceptors (Lipinski definition) is 3. The summed E-state index contributed by atoms with van der Waals surface area (Å²) in [4.78, 5) is 14.5. The molecule has 1 fully saturated rings. The van der Waals surface area contributed by atoms with E-state index in [2.05, 4.69) is 15.6 Å². The van der Waals surface area contributed by atoms with Gasteiger partial charge in [-0.05, 0) is 38.4 Å². The molecule has 3 N–H and O–H groups in total. The molecule has 0 radical (unpaired) electrons. The number of H-pyrrole nitrogens is 1. The normalized spacial score (nSPS) is 16.5. The lowest BCUT2D eigenvalue weighted by atomic mass is 10.1. The van der Waals surface area contributed by atoms with Crippen LogP contribution in [0.2, 0.25) is 5.02 Å². The number of carbonyl (C=O) groups is 1. The van der Waals surface area contributed by atoms with E-state index in [9.17, 15) is 4.79 Å². The fraction of sp³-hybridized carbons (Fsp3) is 0.615. The number of carbonyl (C=O) groups excluding carboxylic acids is 1. The summed E-state index contributed by atoms with van der Waals surface area (Å²) in [6.07, 6.45) is 4.95. The molecule has 1 amide bonds. The molecule has 1 aliphatic rings. The monoisotopic (exact) mass is 285 g/mol. The minimum absolute atomic E-state index is 0.131. The maximum absolute atomic E-state index is 11.7. The summed E-state index contributed by atoms with van der Waals surface area (Å²) < 4.78 is 5.75. The predicted molar refractivity (Wildman–Crippen MR) is 74.6 cm³/mol. The van der Waals surface area contributed by atoms with Gasteiger partial charge in [0.2, 0.25) is 0 Å². The summed E-state index contributed by atoms with van der Waals surface area (Å²) in [6.45, 7) is 3.38. The first-order chi connectivity index (χ1) is 9.25. The summed E-state index contributed by atoms with van der Waals surface area (Å²) in [5, 5.41) is 6.67. The molecule has 1 saturated heterocycles. The van der Waals surface area contributed by atoms with Crippen LogP contribution >= 0.6 is 11.6 Å². The Kier molecular flexibility index (Phi) is 5.69. The standard InChI is InChI=1S/C13H20ClN3O2/c14-10-8-12(17-9-10)13(18)16-4-1-7-19-11-2-5-15-6-3-11/h8-9,11,15,17H,1-7H2,(H,16,18). The Morgan fingerprint density at radius 2 is 2.26 bits per heavy atom. The van der Waals surface area contributed by atoms with Gasteiger partial charge in [-0.2, -0.15) is 0 Å². The van der Waals surface area contributed by atoms with Gasteiger partial charge in [-0.3, -0.25) is 4.79 Å². The molecule has 5 nitrogen and oxygen atoms in total. The Morgan fingerprint density at radius 1 is 1.47 bits per heavy atom. The van der Waals surface area contributed by atoms with E-state index in [0.29, 0.717) is 30.0 Å². The van der Waals surface area contributed by atoms with Crippen molar-refractivity contribution >= 4 is 17.5 Å². The third kappa shape index (κ3) is 4.86. The number of rotatable bonds is 6. The fourth-order valence-corrected chi connectivity index (χ4v) is 2.24. The summed E-state index contributed by atoms with van der Waals surface area (Å²) in [5.41, 5.74) is 0.490. The lowest BCUT2D eigenvalue weighted by Gasteiger charge is -2.22. The molecule has 0 saturated carbocycles. The number of amides is 1. The van der Waals surface area contributed by atoms with Crippen LogP contribution in [0.15, 0.2) is 12.3 Å². The second-order valence-electron chi connectivity index (χ2n) is 4.66. The van der Waals surface area contributed by atoms with Crippen molar-refractivity contribution < 1.29 is 9.53 Å². The number of aromatic nitrogens is 1. The molecule has 106 valence electrons. The molecule has 1 aromatic rings. The molecule has 0 unspecified atom stereocenters. The molecular formula is C13H20ClN3O2. The van der Waals surface area contributed by atoms with Gasteiger partial charge in [0.15, 0.2) is 0 Å². The van der Waals surface area contributed by atoms with Crippen molar-refractivity contribution in [3.05, 3.63) is 23.0 Å². The Bertz CT molecular complexity index is 402. The number of nitrogens with one attached hydrogen (secondary N) is 3. The van der Waals surface area contributed by atoms with Gasteiger partial charge in [-0.25, -0.2) is 0 Å². The molecular weight excluding hydrogens is 266 g/mol. The van der Waals surface area contributed by atoms with Crippen molar-refractivity contribution in [3.8, 4) is 0 Å². The van der Waals surface area contributed by atoms with Crippen LogP contribution in [0.3, 0.4) is 0 Å².